The van der Waals surface area contributed by atoms with Crippen LogP contribution in [0.5, 0.6) is 0 Å². The second-order valence-electron chi connectivity index (χ2n) is 3.54. The van der Waals surface area contributed by atoms with E-state index in [1.807, 2.05) is 37.4 Å². The zero-order valence-electron chi connectivity index (χ0n) is 8.71. The minimum atomic E-state index is -0.0000463. The van der Waals surface area contributed by atoms with E-state index in [1.54, 1.807) is 0 Å². The molecule has 15 heavy (non-hydrogen) atoms. The predicted octanol–water partition coefficient (Wildman–Crippen LogP) is 2.31. The maximum atomic E-state index is 11.6. The van der Waals surface area contributed by atoms with Crippen molar-refractivity contribution in [2.45, 2.75) is 13.3 Å². The summed E-state index contributed by atoms with van der Waals surface area (Å²) in [5.74, 6) is -0.0000463. The number of rotatable bonds is 3. The van der Waals surface area contributed by atoms with Crippen LogP contribution < -0.4 is 5.32 Å². The van der Waals surface area contributed by atoms with E-state index in [-0.39, 0.29) is 5.91 Å². The summed E-state index contributed by atoms with van der Waals surface area (Å²) < 4.78 is 0. The maximum absolute atomic E-state index is 11.6. The molecule has 0 aliphatic heterocycles. The van der Waals surface area contributed by atoms with Crippen LogP contribution in [0.2, 0.25) is 0 Å². The van der Waals surface area contributed by atoms with Gasteiger partial charge in [0.2, 0.25) is 0 Å². The van der Waals surface area contributed by atoms with Gasteiger partial charge in [0, 0.05) is 29.2 Å². The van der Waals surface area contributed by atoms with Crippen molar-refractivity contribution in [3.05, 3.63) is 36.0 Å². The Morgan fingerprint density at radius 2 is 2.27 bits per heavy atom. The van der Waals surface area contributed by atoms with Gasteiger partial charge in [0.05, 0.1) is 0 Å². The van der Waals surface area contributed by atoms with Gasteiger partial charge in [0.15, 0.2) is 0 Å². The standard InChI is InChI=1S/C12H14N2O/c1-2-6-14-12(15)10-3-4-11-9(8-10)5-7-13-11/h3-5,7-8,13H,2,6H2,1H3,(H,14,15). The van der Waals surface area contributed by atoms with Gasteiger partial charge in [-0.15, -0.1) is 0 Å². The minimum absolute atomic E-state index is 0.0000463. The second kappa shape index (κ2) is 4.17. The van der Waals surface area contributed by atoms with Crippen molar-refractivity contribution in [1.29, 1.82) is 0 Å². The van der Waals surface area contributed by atoms with Gasteiger partial charge in [-0.05, 0) is 30.7 Å². The van der Waals surface area contributed by atoms with Crippen molar-refractivity contribution in [3.8, 4) is 0 Å². The van der Waals surface area contributed by atoms with Gasteiger partial charge in [-0.1, -0.05) is 6.92 Å². The first-order valence-corrected chi connectivity index (χ1v) is 5.16. The van der Waals surface area contributed by atoms with Gasteiger partial charge in [0.25, 0.3) is 5.91 Å². The number of fused-ring (bicyclic) bond motifs is 1. The molecule has 1 aromatic carbocycles. The highest BCUT2D eigenvalue weighted by molar-refractivity contribution is 5.97. The average molecular weight is 202 g/mol. The lowest BCUT2D eigenvalue weighted by atomic mass is 10.1. The molecule has 0 saturated carbocycles. The fourth-order valence-electron chi connectivity index (χ4n) is 1.54. The number of nitrogens with one attached hydrogen (secondary N) is 2. The molecule has 0 unspecified atom stereocenters. The minimum Gasteiger partial charge on any atom is -0.361 e. The number of H-pyrrole nitrogens is 1. The van der Waals surface area contributed by atoms with Crippen molar-refractivity contribution < 1.29 is 4.79 Å². The Balaban J connectivity index is 2.23. The van der Waals surface area contributed by atoms with Crippen LogP contribution in [0.3, 0.4) is 0 Å². The third kappa shape index (κ3) is 2.01. The Hall–Kier alpha value is -1.77. The van der Waals surface area contributed by atoms with Crippen LogP contribution in [0.4, 0.5) is 0 Å². The first-order valence-electron chi connectivity index (χ1n) is 5.16. The molecule has 1 aromatic heterocycles. The molecular formula is C12H14N2O. The van der Waals surface area contributed by atoms with E-state index in [1.165, 1.54) is 0 Å². The molecule has 3 nitrogen and oxygen atoms in total. The zero-order valence-corrected chi connectivity index (χ0v) is 8.71. The lowest BCUT2D eigenvalue weighted by Crippen LogP contribution is -2.23. The van der Waals surface area contributed by atoms with Crippen LogP contribution in [-0.2, 0) is 0 Å². The number of hydrogen-bond acceptors (Lipinski definition) is 1. The molecule has 1 amide bonds. The molecule has 0 fully saturated rings. The van der Waals surface area contributed by atoms with Gasteiger partial charge in [-0.2, -0.15) is 0 Å². The highest BCUT2D eigenvalue weighted by atomic mass is 16.1. The third-order valence-corrected chi connectivity index (χ3v) is 2.35. The topological polar surface area (TPSA) is 44.9 Å². The highest BCUT2D eigenvalue weighted by Crippen LogP contribution is 2.13. The monoisotopic (exact) mass is 202 g/mol. The predicted molar refractivity (Wildman–Crippen MR) is 60.9 cm³/mol. The molecule has 0 aliphatic carbocycles. The van der Waals surface area contributed by atoms with Crippen molar-refractivity contribution in [1.82, 2.24) is 10.3 Å². The summed E-state index contributed by atoms with van der Waals surface area (Å²) >= 11 is 0. The van der Waals surface area contributed by atoms with E-state index >= 15 is 0 Å². The SMILES string of the molecule is CCCNC(=O)c1ccc2[nH]ccc2c1. The zero-order chi connectivity index (χ0) is 10.7. The molecule has 78 valence electrons. The van der Waals surface area contributed by atoms with Crippen LogP contribution >= 0.6 is 0 Å². The number of hydrogen-bond donors (Lipinski definition) is 2. The Kier molecular flexibility index (Phi) is 2.72. The summed E-state index contributed by atoms with van der Waals surface area (Å²) in [6.45, 7) is 2.76. The third-order valence-electron chi connectivity index (χ3n) is 2.35. The Morgan fingerprint density at radius 3 is 3.07 bits per heavy atom. The largest absolute Gasteiger partial charge is 0.361 e. The summed E-state index contributed by atoms with van der Waals surface area (Å²) in [5.41, 5.74) is 1.78. The Bertz CT molecular complexity index is 473. The molecule has 3 heteroatoms. The van der Waals surface area contributed by atoms with Crippen LogP contribution in [-0.4, -0.2) is 17.4 Å². The van der Waals surface area contributed by atoms with Crippen molar-refractivity contribution >= 4 is 16.8 Å². The molecule has 1 heterocycles. The molecule has 0 aliphatic rings. The number of aromatic nitrogens is 1. The number of aromatic amines is 1. The van der Waals surface area contributed by atoms with Crippen molar-refractivity contribution in [2.75, 3.05) is 6.54 Å². The number of benzene rings is 1. The molecule has 0 radical (unpaired) electrons. The van der Waals surface area contributed by atoms with Gasteiger partial charge < -0.3 is 10.3 Å². The summed E-state index contributed by atoms with van der Waals surface area (Å²) in [6.07, 6.45) is 2.83. The lowest BCUT2D eigenvalue weighted by Gasteiger charge is -2.03. The van der Waals surface area contributed by atoms with Crippen molar-refractivity contribution in [3.63, 3.8) is 0 Å². The van der Waals surface area contributed by atoms with Crippen LogP contribution in [0.25, 0.3) is 10.9 Å². The summed E-state index contributed by atoms with van der Waals surface area (Å²) in [4.78, 5) is 14.7. The molecule has 2 N–H and O–H groups in total. The number of carbonyl (C=O) groups excluding carboxylic acids is 1. The first-order chi connectivity index (χ1) is 7.31. The van der Waals surface area contributed by atoms with E-state index in [0.29, 0.717) is 0 Å². The highest BCUT2D eigenvalue weighted by Gasteiger charge is 2.05. The molecular weight excluding hydrogens is 188 g/mol. The maximum Gasteiger partial charge on any atom is 0.251 e. The normalized spacial score (nSPS) is 10.5. The van der Waals surface area contributed by atoms with Crippen molar-refractivity contribution in [2.24, 2.45) is 0 Å². The Morgan fingerprint density at radius 1 is 1.40 bits per heavy atom. The summed E-state index contributed by atoms with van der Waals surface area (Å²) in [5, 5.41) is 3.93. The smallest absolute Gasteiger partial charge is 0.251 e. The molecule has 0 atom stereocenters. The quantitative estimate of drug-likeness (QED) is 0.788. The second-order valence-corrected chi connectivity index (χ2v) is 3.54. The van der Waals surface area contributed by atoms with Crippen LogP contribution in [0.1, 0.15) is 23.7 Å². The lowest BCUT2D eigenvalue weighted by molar-refractivity contribution is 0.0954. The molecule has 0 saturated heterocycles. The first kappa shape index (κ1) is 9.77. The van der Waals surface area contributed by atoms with Gasteiger partial charge in [0.1, 0.15) is 0 Å². The molecule has 2 aromatic rings. The average Bonchev–Trinajstić information content (AvgIpc) is 2.72. The van der Waals surface area contributed by atoms with Crippen LogP contribution in [0.15, 0.2) is 30.5 Å². The summed E-state index contributed by atoms with van der Waals surface area (Å²) in [6, 6.07) is 7.63. The van der Waals surface area contributed by atoms with Gasteiger partial charge in [-0.25, -0.2) is 0 Å². The molecule has 0 bridgehead atoms. The Labute approximate surface area is 88.5 Å². The summed E-state index contributed by atoms with van der Waals surface area (Å²) in [7, 11) is 0. The number of carbonyl (C=O) groups is 1. The van der Waals surface area contributed by atoms with E-state index in [2.05, 4.69) is 10.3 Å². The van der Waals surface area contributed by atoms with Crippen LogP contribution in [0, 0.1) is 0 Å². The van der Waals surface area contributed by atoms with E-state index < -0.39 is 0 Å². The fourth-order valence-corrected chi connectivity index (χ4v) is 1.54. The van der Waals surface area contributed by atoms with Gasteiger partial charge >= 0.3 is 0 Å². The van der Waals surface area contributed by atoms with E-state index in [4.69, 9.17) is 0 Å². The van der Waals surface area contributed by atoms with Gasteiger partial charge in [-0.3, -0.25) is 4.79 Å². The molecule has 2 rings (SSSR count). The fraction of sp³-hybridized carbons (Fsp3) is 0.250. The van der Waals surface area contributed by atoms with E-state index in [9.17, 15) is 4.79 Å². The number of amides is 1. The van der Waals surface area contributed by atoms with E-state index in [0.717, 1.165) is 29.4 Å². The molecule has 0 spiro atoms.